The number of hydrogen-bond donors (Lipinski definition) is 2. The van der Waals surface area contributed by atoms with Gasteiger partial charge in [0.2, 0.25) is 10.0 Å². The summed E-state index contributed by atoms with van der Waals surface area (Å²) in [6.07, 6.45) is 0. The molecule has 1 amide bonds. The summed E-state index contributed by atoms with van der Waals surface area (Å²) >= 11 is 0. The number of aromatic nitrogens is 2. The van der Waals surface area contributed by atoms with Crippen molar-refractivity contribution in [1.29, 1.82) is 0 Å². The third kappa shape index (κ3) is 4.77. The number of aryl methyl sites for hydroxylation is 1. The predicted molar refractivity (Wildman–Crippen MR) is 116 cm³/mol. The van der Waals surface area contributed by atoms with E-state index in [1.807, 2.05) is 37.3 Å². The van der Waals surface area contributed by atoms with E-state index >= 15 is 0 Å². The number of rotatable bonds is 7. The normalized spacial score (nSPS) is 11.6. The van der Waals surface area contributed by atoms with Crippen molar-refractivity contribution in [2.75, 3.05) is 0 Å². The third-order valence-electron chi connectivity index (χ3n) is 4.57. The summed E-state index contributed by atoms with van der Waals surface area (Å²) in [5.41, 5.74) is 3.47. The maximum Gasteiger partial charge on any atom is 0.255 e. The van der Waals surface area contributed by atoms with Gasteiger partial charge in [0.25, 0.3) is 5.91 Å². The monoisotopic (exact) mass is 426 g/mol. The van der Waals surface area contributed by atoms with Gasteiger partial charge in [0.1, 0.15) is 0 Å². The Morgan fingerprint density at radius 3 is 2.43 bits per heavy atom. The molecule has 0 saturated carbocycles. The van der Waals surface area contributed by atoms with E-state index in [4.69, 9.17) is 0 Å². The van der Waals surface area contributed by atoms with Gasteiger partial charge in [-0.15, -0.1) is 0 Å². The molecule has 0 unspecified atom stereocenters. The highest BCUT2D eigenvalue weighted by molar-refractivity contribution is 7.89. The zero-order chi connectivity index (χ0) is 21.9. The second kappa shape index (κ2) is 8.81. The van der Waals surface area contributed by atoms with Crippen LogP contribution in [-0.4, -0.2) is 30.1 Å². The maximum atomic E-state index is 12.8. The molecule has 0 aliphatic rings. The van der Waals surface area contributed by atoms with E-state index in [0.717, 1.165) is 11.4 Å². The Hall–Kier alpha value is -2.97. The maximum absolute atomic E-state index is 12.8. The minimum absolute atomic E-state index is 0.173. The second-order valence-electron chi connectivity index (χ2n) is 7.40. The number of carbonyl (C=O) groups excluding carboxylic acids is 1. The molecule has 0 atom stereocenters. The smallest absolute Gasteiger partial charge is 0.255 e. The molecule has 0 aliphatic heterocycles. The number of amides is 1. The molecule has 0 aliphatic carbocycles. The fourth-order valence-electron chi connectivity index (χ4n) is 3.26. The molecule has 0 fully saturated rings. The molecule has 158 valence electrons. The van der Waals surface area contributed by atoms with E-state index in [2.05, 4.69) is 15.1 Å². The minimum atomic E-state index is -3.59. The largest absolute Gasteiger partial charge is 0.348 e. The number of carbonyl (C=O) groups is 1. The lowest BCUT2D eigenvalue weighted by molar-refractivity contribution is 0.0949. The first kappa shape index (κ1) is 21.7. The SMILES string of the molecule is Cc1nn(-c2ccccc2)c(C)c1C(=O)NCc1cccc(S(=O)(=O)NC(C)C)c1. The van der Waals surface area contributed by atoms with Crippen LogP contribution >= 0.6 is 0 Å². The van der Waals surface area contributed by atoms with E-state index in [0.29, 0.717) is 16.8 Å². The van der Waals surface area contributed by atoms with Gasteiger partial charge >= 0.3 is 0 Å². The molecule has 1 heterocycles. The van der Waals surface area contributed by atoms with Gasteiger partial charge in [-0.05, 0) is 57.5 Å². The molecular formula is C22H26N4O3S. The summed E-state index contributed by atoms with van der Waals surface area (Å²) in [5.74, 6) is -0.249. The van der Waals surface area contributed by atoms with Crippen molar-refractivity contribution >= 4 is 15.9 Å². The molecule has 2 aromatic carbocycles. The van der Waals surface area contributed by atoms with Crippen LogP contribution in [0.2, 0.25) is 0 Å². The van der Waals surface area contributed by atoms with Crippen molar-refractivity contribution in [2.45, 2.75) is 45.2 Å². The molecule has 0 saturated heterocycles. The van der Waals surface area contributed by atoms with Crippen LogP contribution in [0.3, 0.4) is 0 Å². The van der Waals surface area contributed by atoms with Crippen LogP contribution in [0.25, 0.3) is 5.69 Å². The van der Waals surface area contributed by atoms with Crippen LogP contribution in [0.1, 0.15) is 41.2 Å². The highest BCUT2D eigenvalue weighted by atomic mass is 32.2. The lowest BCUT2D eigenvalue weighted by Crippen LogP contribution is -2.30. The van der Waals surface area contributed by atoms with E-state index in [1.54, 1.807) is 43.7 Å². The Labute approximate surface area is 177 Å². The van der Waals surface area contributed by atoms with Crippen molar-refractivity contribution in [3.63, 3.8) is 0 Å². The fourth-order valence-corrected chi connectivity index (χ4v) is 4.58. The van der Waals surface area contributed by atoms with Gasteiger partial charge in [0.15, 0.2) is 0 Å². The molecule has 7 nitrogen and oxygen atoms in total. The summed E-state index contributed by atoms with van der Waals surface area (Å²) in [6, 6.07) is 16.0. The van der Waals surface area contributed by atoms with Gasteiger partial charge in [0.05, 0.1) is 27.5 Å². The van der Waals surface area contributed by atoms with Gasteiger partial charge in [-0.1, -0.05) is 30.3 Å². The third-order valence-corrected chi connectivity index (χ3v) is 6.23. The van der Waals surface area contributed by atoms with Gasteiger partial charge in [0, 0.05) is 12.6 Å². The highest BCUT2D eigenvalue weighted by Gasteiger charge is 2.20. The van der Waals surface area contributed by atoms with Gasteiger partial charge in [-0.2, -0.15) is 5.10 Å². The van der Waals surface area contributed by atoms with Crippen LogP contribution in [-0.2, 0) is 16.6 Å². The van der Waals surface area contributed by atoms with E-state index in [9.17, 15) is 13.2 Å². The highest BCUT2D eigenvalue weighted by Crippen LogP contribution is 2.18. The van der Waals surface area contributed by atoms with E-state index in [-0.39, 0.29) is 23.4 Å². The molecule has 3 rings (SSSR count). The molecule has 30 heavy (non-hydrogen) atoms. The summed E-state index contributed by atoms with van der Waals surface area (Å²) in [7, 11) is -3.59. The summed E-state index contributed by atoms with van der Waals surface area (Å²) in [5, 5.41) is 7.37. The quantitative estimate of drug-likeness (QED) is 0.607. The first-order valence-electron chi connectivity index (χ1n) is 9.70. The Kier molecular flexibility index (Phi) is 6.38. The van der Waals surface area contributed by atoms with Crippen LogP contribution in [0, 0.1) is 13.8 Å². The number of hydrogen-bond acceptors (Lipinski definition) is 4. The molecule has 0 radical (unpaired) electrons. The van der Waals surface area contributed by atoms with Crippen LogP contribution < -0.4 is 10.0 Å². The van der Waals surface area contributed by atoms with Gasteiger partial charge in [-0.3, -0.25) is 4.79 Å². The molecule has 2 N–H and O–H groups in total. The first-order valence-corrected chi connectivity index (χ1v) is 11.2. The van der Waals surface area contributed by atoms with Crippen molar-refractivity contribution in [1.82, 2.24) is 19.8 Å². The van der Waals surface area contributed by atoms with Crippen LogP contribution in [0.15, 0.2) is 59.5 Å². The lowest BCUT2D eigenvalue weighted by atomic mass is 10.1. The van der Waals surface area contributed by atoms with Crippen molar-refractivity contribution < 1.29 is 13.2 Å². The number of para-hydroxylation sites is 1. The Morgan fingerprint density at radius 1 is 1.07 bits per heavy atom. The Balaban J connectivity index is 1.77. The zero-order valence-corrected chi connectivity index (χ0v) is 18.3. The number of nitrogens with zero attached hydrogens (tertiary/aromatic N) is 2. The fraction of sp³-hybridized carbons (Fsp3) is 0.273. The molecule has 0 bridgehead atoms. The summed E-state index contributed by atoms with van der Waals surface area (Å²) in [4.78, 5) is 13.0. The first-order chi connectivity index (χ1) is 14.2. The molecule has 1 aromatic heterocycles. The number of benzene rings is 2. The summed E-state index contributed by atoms with van der Waals surface area (Å²) < 4.78 is 29.0. The average molecular weight is 427 g/mol. The average Bonchev–Trinajstić information content (AvgIpc) is 3.00. The minimum Gasteiger partial charge on any atom is -0.348 e. The van der Waals surface area contributed by atoms with Crippen LogP contribution in [0.5, 0.6) is 0 Å². The second-order valence-corrected chi connectivity index (χ2v) is 9.11. The van der Waals surface area contributed by atoms with E-state index < -0.39 is 10.0 Å². The van der Waals surface area contributed by atoms with Gasteiger partial charge in [-0.25, -0.2) is 17.8 Å². The van der Waals surface area contributed by atoms with Crippen molar-refractivity contribution in [3.8, 4) is 5.69 Å². The Morgan fingerprint density at radius 2 is 1.77 bits per heavy atom. The number of nitrogens with one attached hydrogen (secondary N) is 2. The molecular weight excluding hydrogens is 400 g/mol. The van der Waals surface area contributed by atoms with Crippen molar-refractivity contribution in [2.24, 2.45) is 0 Å². The molecule has 0 spiro atoms. The zero-order valence-electron chi connectivity index (χ0n) is 17.5. The summed E-state index contributed by atoms with van der Waals surface area (Å²) in [6.45, 7) is 7.39. The van der Waals surface area contributed by atoms with Crippen molar-refractivity contribution in [3.05, 3.63) is 77.1 Å². The molecule has 3 aromatic rings. The van der Waals surface area contributed by atoms with Crippen LogP contribution in [0.4, 0.5) is 0 Å². The number of sulfonamides is 1. The van der Waals surface area contributed by atoms with Gasteiger partial charge < -0.3 is 5.32 Å². The Bertz CT molecular complexity index is 1150. The predicted octanol–water partition coefficient (Wildman–Crippen LogP) is 3.11. The van der Waals surface area contributed by atoms with E-state index in [1.165, 1.54) is 6.07 Å². The standard InChI is InChI=1S/C22H26N4O3S/c1-15(2)25-30(28,29)20-12-8-9-18(13-20)14-23-22(27)21-16(3)24-26(17(21)4)19-10-6-5-7-11-19/h5-13,15,25H,14H2,1-4H3,(H,23,27). The topological polar surface area (TPSA) is 93.1 Å². The molecule has 8 heteroatoms. The lowest BCUT2D eigenvalue weighted by Gasteiger charge is -2.11.